The second kappa shape index (κ2) is 30.3. The summed E-state index contributed by atoms with van der Waals surface area (Å²) in [5, 5.41) is 51.3. The number of hydrogen-bond donors (Lipinski definition) is 15. The van der Waals surface area contributed by atoms with Gasteiger partial charge in [0.25, 0.3) is 0 Å². The van der Waals surface area contributed by atoms with Crippen LogP contribution in [0.25, 0.3) is 0 Å². The number of primary amides is 1. The van der Waals surface area contributed by atoms with Gasteiger partial charge in [-0.15, -0.1) is 0 Å². The van der Waals surface area contributed by atoms with Gasteiger partial charge in [0.1, 0.15) is 30.2 Å². The molecule has 0 saturated carbocycles. The quantitative estimate of drug-likeness (QED) is 0.0915. The molecule has 1 aromatic rings. The number of aromatic nitrogens is 2. The number of H-pyrrole nitrogens is 1. The van der Waals surface area contributed by atoms with Crippen LogP contribution in [0.5, 0.6) is 0 Å². The largest absolute Gasteiger partial charge is 0.480 e. The highest BCUT2D eigenvalue weighted by Crippen LogP contribution is 2.03. The minimum Gasteiger partial charge on any atom is -0.480 e. The van der Waals surface area contributed by atoms with E-state index in [0.29, 0.717) is 0 Å². The molecule has 5 atom stereocenters. The van der Waals surface area contributed by atoms with E-state index in [1.165, 1.54) is 13.3 Å². The van der Waals surface area contributed by atoms with E-state index in [2.05, 4.69) is 33.6 Å². The molecule has 1 saturated heterocycles. The number of amides is 1. The minimum absolute atomic E-state index is 0.0213. The van der Waals surface area contributed by atoms with Crippen LogP contribution in [0.1, 0.15) is 38.3 Å². The molecule has 20 N–H and O–H groups in total. The highest BCUT2D eigenvalue weighted by atomic mass is 32.1. The summed E-state index contributed by atoms with van der Waals surface area (Å²) < 4.78 is 0. The number of imidazole rings is 1. The standard InChI is InChI=1S/C6H9N3O2.C5H10N2O3.C5H9NO2.C3H7NO2S.C3H7NO2.C2H5NO2/c7-5(6(10)11)1-4-2-8-3-9-4;6-3(5(9)10)1-2-4(7)8;7-5(8)4-2-1-3-6-4;4-2(1-7)3(5)6;1-2(4)3(5)6;3-1-2(4)5/h2-3,5H,1,7H2,(H,8,9)(H,10,11);3H,1-2,6H2,(H2,7,8)(H,9,10);4,6H,1-3H2,(H,7,8);2,7H,1,4H2,(H,5,6);2H,4H2,1H3,(H,5,6);1,3H2,(H,4,5)/t;;4-;;;/m..0.../s1. The third-order valence-corrected chi connectivity index (χ3v) is 5.16. The van der Waals surface area contributed by atoms with Gasteiger partial charge in [-0.05, 0) is 32.7 Å². The van der Waals surface area contributed by atoms with Gasteiger partial charge in [-0.2, -0.15) is 12.6 Å². The maximum atomic E-state index is 10.3. The number of hydrogen-bond acceptors (Lipinski definition) is 15. The van der Waals surface area contributed by atoms with Gasteiger partial charge in [0.05, 0.1) is 12.9 Å². The number of nitrogens with one attached hydrogen (secondary N) is 2. The van der Waals surface area contributed by atoms with E-state index in [-0.39, 0.29) is 37.6 Å². The Balaban J connectivity index is -0.000000241. The summed E-state index contributed by atoms with van der Waals surface area (Å²) in [5.74, 6) is -6.11. The number of carboxylic acid groups (broad SMARTS) is 6. The zero-order chi connectivity index (χ0) is 37.7. The molecule has 0 aromatic carbocycles. The summed E-state index contributed by atoms with van der Waals surface area (Å²) in [7, 11) is 0. The summed E-state index contributed by atoms with van der Waals surface area (Å²) in [6.45, 7) is 2.00. The summed E-state index contributed by atoms with van der Waals surface area (Å²) in [4.78, 5) is 75.6. The second-order valence-corrected chi connectivity index (χ2v) is 9.38. The molecular formula is C24H47N9O13S. The zero-order valence-corrected chi connectivity index (χ0v) is 26.5. The molecule has 0 radical (unpaired) electrons. The van der Waals surface area contributed by atoms with Gasteiger partial charge in [0, 0.05) is 30.5 Å². The monoisotopic (exact) mass is 701 g/mol. The predicted molar refractivity (Wildman–Crippen MR) is 168 cm³/mol. The number of rotatable bonds is 12. The molecule has 1 aromatic heterocycles. The zero-order valence-electron chi connectivity index (χ0n) is 25.6. The number of carboxylic acids is 6. The van der Waals surface area contributed by atoms with Crippen LogP contribution in [0.4, 0.5) is 0 Å². The predicted octanol–water partition coefficient (Wildman–Crippen LogP) is -4.37. The molecule has 1 fully saturated rings. The topological polar surface area (TPSA) is 438 Å². The molecule has 2 rings (SSSR count). The van der Waals surface area contributed by atoms with Gasteiger partial charge in [-0.3, -0.25) is 33.6 Å². The summed E-state index contributed by atoms with van der Waals surface area (Å²) in [6, 6.07) is -3.65. The van der Waals surface area contributed by atoms with E-state index >= 15 is 0 Å². The van der Waals surface area contributed by atoms with E-state index < -0.39 is 65.9 Å². The van der Waals surface area contributed by atoms with E-state index in [9.17, 15) is 33.6 Å². The molecule has 1 aliphatic rings. The van der Waals surface area contributed by atoms with Crippen molar-refractivity contribution in [3.63, 3.8) is 0 Å². The average molecular weight is 702 g/mol. The van der Waals surface area contributed by atoms with Crippen LogP contribution in [0, 0.1) is 0 Å². The Bertz CT molecular complexity index is 1060. The third kappa shape index (κ3) is 36.0. The van der Waals surface area contributed by atoms with Crippen LogP contribution in [0.3, 0.4) is 0 Å². The Kier molecular flexibility index (Phi) is 31.9. The van der Waals surface area contributed by atoms with Gasteiger partial charge >= 0.3 is 35.8 Å². The lowest BCUT2D eigenvalue weighted by molar-refractivity contribution is -0.139. The Morgan fingerprint density at radius 3 is 1.57 bits per heavy atom. The molecule has 0 spiro atoms. The van der Waals surface area contributed by atoms with Crippen molar-refractivity contribution in [3.8, 4) is 0 Å². The second-order valence-electron chi connectivity index (χ2n) is 9.01. The first-order chi connectivity index (χ1) is 21.6. The van der Waals surface area contributed by atoms with Crippen molar-refractivity contribution in [2.45, 2.75) is 69.2 Å². The lowest BCUT2D eigenvalue weighted by atomic mass is 10.2. The molecule has 47 heavy (non-hydrogen) atoms. The van der Waals surface area contributed by atoms with Crippen LogP contribution < -0.4 is 39.7 Å². The number of nitrogens with two attached hydrogens (primary N) is 6. The molecule has 1 amide bonds. The summed E-state index contributed by atoms with van der Waals surface area (Å²) >= 11 is 3.65. The van der Waals surface area contributed by atoms with Crippen molar-refractivity contribution in [1.82, 2.24) is 15.3 Å². The van der Waals surface area contributed by atoms with Crippen LogP contribution in [0.2, 0.25) is 0 Å². The normalized spacial score (nSPS) is 15.0. The van der Waals surface area contributed by atoms with Crippen LogP contribution in [-0.4, -0.2) is 131 Å². The van der Waals surface area contributed by atoms with Crippen molar-refractivity contribution in [2.75, 3.05) is 18.8 Å². The number of carbonyl (C=O) groups excluding carboxylic acids is 1. The van der Waals surface area contributed by atoms with E-state index in [0.717, 1.165) is 25.1 Å². The highest BCUT2D eigenvalue weighted by molar-refractivity contribution is 7.80. The van der Waals surface area contributed by atoms with Crippen LogP contribution >= 0.6 is 12.6 Å². The smallest absolute Gasteiger partial charge is 0.321 e. The fourth-order valence-electron chi connectivity index (χ4n) is 2.12. The minimum atomic E-state index is -1.11. The number of carbonyl (C=O) groups is 7. The molecule has 22 nitrogen and oxygen atoms in total. The number of thiol groups is 1. The summed E-state index contributed by atoms with van der Waals surface area (Å²) in [6.07, 6.45) is 5.24. The number of aliphatic carboxylic acids is 6. The maximum Gasteiger partial charge on any atom is 0.321 e. The molecule has 23 heteroatoms. The van der Waals surface area contributed by atoms with E-state index in [1.807, 2.05) is 0 Å². The Morgan fingerprint density at radius 2 is 1.36 bits per heavy atom. The molecule has 4 unspecified atom stereocenters. The fraction of sp³-hybridized carbons (Fsp3) is 0.583. The maximum absolute atomic E-state index is 10.3. The number of aromatic amines is 1. The Hall–Kier alpha value is -4.39. The lowest BCUT2D eigenvalue weighted by Gasteiger charge is -2.02. The molecule has 1 aliphatic heterocycles. The summed E-state index contributed by atoms with van der Waals surface area (Å²) in [5.41, 5.74) is 30.2. The van der Waals surface area contributed by atoms with Crippen molar-refractivity contribution < 1.29 is 64.2 Å². The SMILES string of the molecule is CC(N)C(=O)O.NC(=O)CCC(N)C(=O)O.NC(CS)C(=O)O.NC(Cc1cnc[nH]1)C(=O)O.NCC(=O)O.O=C(O)[C@@H]1CCCN1. The van der Waals surface area contributed by atoms with E-state index in [1.54, 1.807) is 6.20 Å². The average Bonchev–Trinajstić information content (AvgIpc) is 3.72. The first kappa shape index (κ1) is 49.5. The first-order valence-electron chi connectivity index (χ1n) is 13.3. The Labute approximate surface area is 274 Å². The van der Waals surface area contributed by atoms with Gasteiger partial charge in [-0.25, -0.2) is 4.98 Å². The molecular weight excluding hydrogens is 654 g/mol. The van der Waals surface area contributed by atoms with Gasteiger partial charge in [0.15, 0.2) is 0 Å². The van der Waals surface area contributed by atoms with Gasteiger partial charge in [0.2, 0.25) is 5.91 Å². The Morgan fingerprint density at radius 1 is 0.894 bits per heavy atom. The van der Waals surface area contributed by atoms with E-state index in [4.69, 9.17) is 59.3 Å². The first-order valence-corrected chi connectivity index (χ1v) is 13.9. The van der Waals surface area contributed by atoms with Gasteiger partial charge < -0.3 is 75.3 Å². The number of nitrogens with zero attached hydrogens (tertiary/aromatic N) is 1. The molecule has 272 valence electrons. The fourth-order valence-corrected chi connectivity index (χ4v) is 2.27. The third-order valence-electron chi connectivity index (χ3n) is 4.77. The van der Waals surface area contributed by atoms with Crippen molar-refractivity contribution in [1.29, 1.82) is 0 Å². The van der Waals surface area contributed by atoms with Crippen LogP contribution in [-0.2, 0) is 40.0 Å². The van der Waals surface area contributed by atoms with Crippen molar-refractivity contribution in [2.24, 2.45) is 34.4 Å². The molecule has 0 aliphatic carbocycles. The van der Waals surface area contributed by atoms with Crippen molar-refractivity contribution in [3.05, 3.63) is 18.2 Å². The van der Waals surface area contributed by atoms with Gasteiger partial charge in [-0.1, -0.05) is 0 Å². The molecule has 0 bridgehead atoms. The van der Waals surface area contributed by atoms with Crippen molar-refractivity contribution >= 4 is 54.4 Å². The highest BCUT2D eigenvalue weighted by Gasteiger charge is 2.20. The lowest BCUT2D eigenvalue weighted by Crippen LogP contribution is -2.32. The molecule has 2 heterocycles. The van der Waals surface area contributed by atoms with Crippen LogP contribution in [0.15, 0.2) is 12.5 Å².